The fraction of sp³-hybridized carbons (Fsp3) is 0.667. The van der Waals surface area contributed by atoms with Crippen LogP contribution in [0.4, 0.5) is 0 Å². The third-order valence-electron chi connectivity index (χ3n) is 2.76. The van der Waals surface area contributed by atoms with Crippen LogP contribution in [-0.4, -0.2) is 34.0 Å². The Labute approximate surface area is 106 Å². The predicted octanol–water partition coefficient (Wildman–Crippen LogP) is 1.26. The first kappa shape index (κ1) is 14.7. The first-order valence-corrected chi connectivity index (χ1v) is 5.87. The fourth-order valence-electron chi connectivity index (χ4n) is 1.69. The van der Waals surface area contributed by atoms with E-state index in [1.807, 2.05) is 0 Å². The molecule has 6 nitrogen and oxygen atoms in total. The topological polar surface area (TPSA) is 95.6 Å². The molecular formula is C12H20N2O4. The summed E-state index contributed by atoms with van der Waals surface area (Å²) < 4.78 is 4.91. The minimum absolute atomic E-state index is 0.00161. The average Bonchev–Trinajstić information content (AvgIpc) is 2.71. The summed E-state index contributed by atoms with van der Waals surface area (Å²) in [4.78, 5) is 10.6. The van der Waals surface area contributed by atoms with Gasteiger partial charge in [-0.25, -0.2) is 4.79 Å². The number of carbonyl (C=O) groups is 1. The summed E-state index contributed by atoms with van der Waals surface area (Å²) in [5, 5.41) is 24.4. The van der Waals surface area contributed by atoms with E-state index >= 15 is 0 Å². The van der Waals surface area contributed by atoms with E-state index in [1.165, 1.54) is 6.07 Å². The minimum Gasteiger partial charge on any atom is -0.476 e. The van der Waals surface area contributed by atoms with E-state index in [0.29, 0.717) is 18.7 Å². The number of carboxylic acid groups (broad SMARTS) is 1. The molecule has 0 aliphatic carbocycles. The largest absolute Gasteiger partial charge is 0.476 e. The highest BCUT2D eigenvalue weighted by Gasteiger charge is 2.24. The summed E-state index contributed by atoms with van der Waals surface area (Å²) in [6.45, 7) is 6.71. The van der Waals surface area contributed by atoms with Crippen LogP contribution in [0.25, 0.3) is 0 Å². The number of nitrogens with zero attached hydrogens (tertiary/aromatic N) is 1. The second-order valence-corrected chi connectivity index (χ2v) is 5.30. The van der Waals surface area contributed by atoms with Crippen LogP contribution < -0.4 is 5.32 Å². The Morgan fingerprint density at radius 1 is 1.56 bits per heavy atom. The number of aliphatic hydroxyl groups is 1. The SMILES string of the molecule is CC(C)(C)C(CCO)NCc1cc(C(=O)O)no1. The van der Waals surface area contributed by atoms with E-state index in [0.717, 1.165) is 0 Å². The van der Waals surface area contributed by atoms with Crippen molar-refractivity contribution in [1.82, 2.24) is 10.5 Å². The number of hydrogen-bond donors (Lipinski definition) is 3. The Hall–Kier alpha value is -1.40. The Balaban J connectivity index is 2.58. The van der Waals surface area contributed by atoms with Gasteiger partial charge < -0.3 is 20.1 Å². The molecule has 0 saturated heterocycles. The van der Waals surface area contributed by atoms with Crippen molar-refractivity contribution in [2.75, 3.05) is 6.61 Å². The number of rotatable bonds is 6. The summed E-state index contributed by atoms with van der Waals surface area (Å²) in [5.41, 5.74) is -0.0977. The van der Waals surface area contributed by atoms with E-state index in [4.69, 9.17) is 14.7 Å². The molecule has 1 rings (SSSR count). The molecule has 0 aromatic carbocycles. The van der Waals surface area contributed by atoms with Crippen molar-refractivity contribution in [3.8, 4) is 0 Å². The van der Waals surface area contributed by atoms with Crippen molar-refractivity contribution in [2.24, 2.45) is 5.41 Å². The highest BCUT2D eigenvalue weighted by atomic mass is 16.5. The molecule has 0 saturated carbocycles. The van der Waals surface area contributed by atoms with Crippen LogP contribution in [0.1, 0.15) is 43.4 Å². The Morgan fingerprint density at radius 3 is 2.67 bits per heavy atom. The molecule has 0 aliphatic rings. The monoisotopic (exact) mass is 256 g/mol. The summed E-state index contributed by atoms with van der Waals surface area (Å²) >= 11 is 0. The van der Waals surface area contributed by atoms with Gasteiger partial charge >= 0.3 is 5.97 Å². The number of nitrogens with one attached hydrogen (secondary N) is 1. The van der Waals surface area contributed by atoms with Gasteiger partial charge in [0.1, 0.15) is 0 Å². The lowest BCUT2D eigenvalue weighted by Crippen LogP contribution is -2.40. The number of aromatic carboxylic acids is 1. The maximum absolute atomic E-state index is 10.6. The molecule has 1 unspecified atom stereocenters. The van der Waals surface area contributed by atoms with E-state index < -0.39 is 5.97 Å². The molecule has 0 spiro atoms. The van der Waals surface area contributed by atoms with Gasteiger partial charge in [-0.15, -0.1) is 0 Å². The standard InChI is InChI=1S/C12H20N2O4/c1-12(2,3)10(4-5-15)13-7-8-6-9(11(16)17)14-18-8/h6,10,13,15H,4-5,7H2,1-3H3,(H,16,17). The van der Waals surface area contributed by atoms with Gasteiger partial charge in [-0.3, -0.25) is 0 Å². The molecule has 1 aromatic rings. The molecule has 1 atom stereocenters. The number of aliphatic hydroxyl groups excluding tert-OH is 1. The van der Waals surface area contributed by atoms with Gasteiger partial charge in [0.15, 0.2) is 11.5 Å². The molecule has 6 heteroatoms. The second-order valence-electron chi connectivity index (χ2n) is 5.30. The van der Waals surface area contributed by atoms with Crippen molar-refractivity contribution >= 4 is 5.97 Å². The van der Waals surface area contributed by atoms with Crippen LogP contribution in [0.15, 0.2) is 10.6 Å². The van der Waals surface area contributed by atoms with E-state index in [9.17, 15) is 4.79 Å². The van der Waals surface area contributed by atoms with Crippen LogP contribution in [0.2, 0.25) is 0 Å². The molecular weight excluding hydrogens is 236 g/mol. The third kappa shape index (κ3) is 4.12. The van der Waals surface area contributed by atoms with E-state index in [-0.39, 0.29) is 23.8 Å². The summed E-state index contributed by atoms with van der Waals surface area (Å²) in [7, 11) is 0. The summed E-state index contributed by atoms with van der Waals surface area (Å²) in [6, 6.07) is 1.51. The van der Waals surface area contributed by atoms with Crippen molar-refractivity contribution < 1.29 is 19.5 Å². The van der Waals surface area contributed by atoms with Crippen molar-refractivity contribution in [3.63, 3.8) is 0 Å². The van der Waals surface area contributed by atoms with Crippen molar-refractivity contribution in [3.05, 3.63) is 17.5 Å². The third-order valence-corrected chi connectivity index (χ3v) is 2.76. The van der Waals surface area contributed by atoms with Gasteiger partial charge in [-0.2, -0.15) is 0 Å². The molecule has 0 bridgehead atoms. The Morgan fingerprint density at radius 2 is 2.22 bits per heavy atom. The first-order valence-electron chi connectivity index (χ1n) is 5.87. The molecule has 0 radical (unpaired) electrons. The Kier molecular flexibility index (Phi) is 4.86. The molecule has 0 aliphatic heterocycles. The van der Waals surface area contributed by atoms with Gasteiger partial charge in [0.25, 0.3) is 0 Å². The molecule has 0 amide bonds. The zero-order chi connectivity index (χ0) is 13.8. The number of aromatic nitrogens is 1. The number of hydrogen-bond acceptors (Lipinski definition) is 5. The molecule has 0 fully saturated rings. The fourth-order valence-corrected chi connectivity index (χ4v) is 1.69. The van der Waals surface area contributed by atoms with Crippen LogP contribution in [0.5, 0.6) is 0 Å². The molecule has 1 aromatic heterocycles. The highest BCUT2D eigenvalue weighted by Crippen LogP contribution is 2.22. The lowest BCUT2D eigenvalue weighted by Gasteiger charge is -2.30. The summed E-state index contributed by atoms with van der Waals surface area (Å²) in [5.74, 6) is -0.632. The lowest BCUT2D eigenvalue weighted by atomic mass is 9.85. The first-order chi connectivity index (χ1) is 8.34. The molecule has 18 heavy (non-hydrogen) atoms. The predicted molar refractivity (Wildman–Crippen MR) is 65.2 cm³/mol. The average molecular weight is 256 g/mol. The van der Waals surface area contributed by atoms with Gasteiger partial charge in [-0.05, 0) is 11.8 Å². The van der Waals surface area contributed by atoms with Crippen LogP contribution >= 0.6 is 0 Å². The van der Waals surface area contributed by atoms with Crippen LogP contribution in [-0.2, 0) is 6.54 Å². The number of carboxylic acids is 1. The molecule has 1 heterocycles. The van der Waals surface area contributed by atoms with Crippen LogP contribution in [0, 0.1) is 5.41 Å². The maximum atomic E-state index is 10.6. The van der Waals surface area contributed by atoms with Crippen molar-refractivity contribution in [1.29, 1.82) is 0 Å². The van der Waals surface area contributed by atoms with Gasteiger partial charge in [0.2, 0.25) is 0 Å². The minimum atomic E-state index is -1.10. The normalized spacial score (nSPS) is 13.6. The van der Waals surface area contributed by atoms with Crippen molar-refractivity contribution in [2.45, 2.75) is 39.8 Å². The smallest absolute Gasteiger partial charge is 0.358 e. The quantitative estimate of drug-likeness (QED) is 0.709. The highest BCUT2D eigenvalue weighted by molar-refractivity contribution is 5.85. The van der Waals surface area contributed by atoms with Gasteiger partial charge in [0, 0.05) is 18.7 Å². The van der Waals surface area contributed by atoms with E-state index in [1.54, 1.807) is 0 Å². The Bertz CT molecular complexity index is 395. The molecule has 3 N–H and O–H groups in total. The molecule has 102 valence electrons. The zero-order valence-electron chi connectivity index (χ0n) is 10.9. The van der Waals surface area contributed by atoms with Gasteiger partial charge in [-0.1, -0.05) is 25.9 Å². The van der Waals surface area contributed by atoms with Gasteiger partial charge in [0.05, 0.1) is 6.54 Å². The van der Waals surface area contributed by atoms with E-state index in [2.05, 4.69) is 31.2 Å². The summed E-state index contributed by atoms with van der Waals surface area (Å²) in [6.07, 6.45) is 0.628. The lowest BCUT2D eigenvalue weighted by molar-refractivity contribution is 0.0685. The maximum Gasteiger partial charge on any atom is 0.358 e. The second kappa shape index (κ2) is 5.97. The van der Waals surface area contributed by atoms with Crippen LogP contribution in [0.3, 0.4) is 0 Å². The zero-order valence-corrected chi connectivity index (χ0v) is 10.9.